The molecule has 2 aromatic carbocycles. The van der Waals surface area contributed by atoms with Crippen LogP contribution in [-0.2, 0) is 21.1 Å². The molecular formula is C20H22N2O5S. The number of rotatable bonds is 5. The van der Waals surface area contributed by atoms with Gasteiger partial charge in [-0.15, -0.1) is 0 Å². The van der Waals surface area contributed by atoms with E-state index >= 15 is 0 Å². The number of nitro groups is 1. The summed E-state index contributed by atoms with van der Waals surface area (Å²) < 4.78 is 24.5. The topological polar surface area (TPSA) is 106 Å². The lowest BCUT2D eigenvalue weighted by Gasteiger charge is -2.25. The summed E-state index contributed by atoms with van der Waals surface area (Å²) in [6.45, 7) is 3.15. The number of nitrogens with one attached hydrogen (secondary N) is 1. The molecule has 0 unspecified atom stereocenters. The normalized spacial score (nSPS) is 16.3. The minimum Gasteiger partial charge on any atom is -0.326 e. The fourth-order valence-electron chi connectivity index (χ4n) is 3.97. The highest BCUT2D eigenvalue weighted by molar-refractivity contribution is 7.91. The summed E-state index contributed by atoms with van der Waals surface area (Å²) in [6.07, 6.45) is 2.66. The maximum Gasteiger partial charge on any atom is 0.305 e. The van der Waals surface area contributed by atoms with Gasteiger partial charge in [0.05, 0.1) is 10.8 Å². The Hall–Kier alpha value is -2.74. The highest BCUT2D eigenvalue weighted by Gasteiger charge is 2.28. The van der Waals surface area contributed by atoms with Gasteiger partial charge < -0.3 is 5.32 Å². The second-order valence-corrected chi connectivity index (χ2v) is 9.04. The number of aryl methyl sites for hydroxylation is 3. The van der Waals surface area contributed by atoms with E-state index in [-0.39, 0.29) is 16.7 Å². The average molecular weight is 402 g/mol. The Morgan fingerprint density at radius 1 is 1.21 bits per heavy atom. The number of fused-ring (bicyclic) bond motifs is 1. The fourth-order valence-corrected chi connectivity index (χ4v) is 5.48. The summed E-state index contributed by atoms with van der Waals surface area (Å²) >= 11 is 0. The molecule has 3 rings (SSSR count). The summed E-state index contributed by atoms with van der Waals surface area (Å²) in [6, 6.07) is 11.0. The number of carbonyl (C=O) groups is 1. The molecule has 28 heavy (non-hydrogen) atoms. The summed E-state index contributed by atoms with van der Waals surface area (Å²) in [7, 11) is -4.04. The van der Waals surface area contributed by atoms with Crippen LogP contribution in [0.5, 0.6) is 0 Å². The molecule has 0 saturated carbocycles. The lowest BCUT2D eigenvalue weighted by atomic mass is 9.82. The van der Waals surface area contributed by atoms with Gasteiger partial charge in [-0.05, 0) is 67.5 Å². The van der Waals surface area contributed by atoms with Crippen molar-refractivity contribution in [2.45, 2.75) is 43.9 Å². The van der Waals surface area contributed by atoms with Crippen molar-refractivity contribution in [1.82, 2.24) is 0 Å². The molecule has 0 saturated heterocycles. The first kappa shape index (κ1) is 20.0. The molecule has 0 spiro atoms. The summed E-state index contributed by atoms with van der Waals surface area (Å²) in [5.41, 5.74) is 3.46. The van der Waals surface area contributed by atoms with Crippen molar-refractivity contribution < 1.29 is 18.1 Å². The number of amides is 1. The predicted octanol–water partition coefficient (Wildman–Crippen LogP) is 3.37. The molecule has 7 nitrogen and oxygen atoms in total. The molecule has 148 valence electrons. The van der Waals surface area contributed by atoms with E-state index in [1.54, 1.807) is 26.0 Å². The second kappa shape index (κ2) is 7.71. The van der Waals surface area contributed by atoms with Crippen LogP contribution in [0, 0.1) is 24.0 Å². The number of hydrogen-bond donors (Lipinski definition) is 1. The molecule has 1 amide bonds. The quantitative estimate of drug-likeness (QED) is 0.610. The van der Waals surface area contributed by atoms with Crippen LogP contribution in [0.15, 0.2) is 41.3 Å². The van der Waals surface area contributed by atoms with Crippen molar-refractivity contribution in [3.05, 3.63) is 68.8 Å². The van der Waals surface area contributed by atoms with Crippen molar-refractivity contribution in [2.75, 3.05) is 11.2 Å². The van der Waals surface area contributed by atoms with Crippen LogP contribution in [0.2, 0.25) is 0 Å². The van der Waals surface area contributed by atoms with Gasteiger partial charge in [-0.1, -0.05) is 24.3 Å². The van der Waals surface area contributed by atoms with Gasteiger partial charge in [0.25, 0.3) is 0 Å². The third-order valence-electron chi connectivity index (χ3n) is 5.00. The van der Waals surface area contributed by atoms with Crippen LogP contribution in [0.1, 0.15) is 41.0 Å². The van der Waals surface area contributed by atoms with Crippen molar-refractivity contribution in [1.29, 1.82) is 0 Å². The fraction of sp³-hybridized carbons (Fsp3) is 0.350. The van der Waals surface area contributed by atoms with Gasteiger partial charge >= 0.3 is 5.88 Å². The first-order valence-corrected chi connectivity index (χ1v) is 10.7. The number of nitrogens with zero attached hydrogens (tertiary/aromatic N) is 1. The van der Waals surface area contributed by atoms with Gasteiger partial charge in [-0.2, -0.15) is 0 Å². The van der Waals surface area contributed by atoms with Crippen LogP contribution in [0.3, 0.4) is 0 Å². The molecule has 0 aromatic heterocycles. The molecule has 0 heterocycles. The van der Waals surface area contributed by atoms with Gasteiger partial charge in [-0.3, -0.25) is 14.9 Å². The number of sulfone groups is 1. The standard InChI is InChI=1S/C20H22N2O5S/c1-13-10-16(11-14(2)19(13)28(26,27)12-22(24)25)21-20(23)18-9-5-7-15-6-3-4-8-17(15)18/h3-4,6,8,10-11,18H,5,7,9,12H2,1-2H3,(H,21,23)/t18-/m1/s1. The van der Waals surface area contributed by atoms with Crippen molar-refractivity contribution in [3.8, 4) is 0 Å². The zero-order chi connectivity index (χ0) is 20.5. The summed E-state index contributed by atoms with van der Waals surface area (Å²) in [4.78, 5) is 22.6. The zero-order valence-corrected chi connectivity index (χ0v) is 16.6. The minimum absolute atomic E-state index is 0.0507. The lowest BCUT2D eigenvalue weighted by Crippen LogP contribution is -2.25. The monoisotopic (exact) mass is 402 g/mol. The van der Waals surface area contributed by atoms with E-state index in [1.807, 2.05) is 24.3 Å². The van der Waals surface area contributed by atoms with Gasteiger partial charge in [0.1, 0.15) is 0 Å². The van der Waals surface area contributed by atoms with Gasteiger partial charge in [-0.25, -0.2) is 8.42 Å². The van der Waals surface area contributed by atoms with E-state index in [1.165, 1.54) is 5.56 Å². The zero-order valence-electron chi connectivity index (χ0n) is 15.8. The van der Waals surface area contributed by atoms with E-state index in [9.17, 15) is 23.3 Å². The van der Waals surface area contributed by atoms with Crippen LogP contribution in [-0.4, -0.2) is 25.1 Å². The Morgan fingerprint density at radius 2 is 1.86 bits per heavy atom. The molecule has 8 heteroatoms. The third kappa shape index (κ3) is 4.06. The van der Waals surface area contributed by atoms with Gasteiger partial charge in [0.15, 0.2) is 0 Å². The molecule has 1 N–H and O–H groups in total. The van der Waals surface area contributed by atoms with Crippen LogP contribution < -0.4 is 5.32 Å². The van der Waals surface area contributed by atoms with Crippen LogP contribution in [0.4, 0.5) is 5.69 Å². The highest BCUT2D eigenvalue weighted by atomic mass is 32.2. The smallest absolute Gasteiger partial charge is 0.305 e. The lowest BCUT2D eigenvalue weighted by molar-refractivity contribution is -0.458. The highest BCUT2D eigenvalue weighted by Crippen LogP contribution is 2.33. The molecule has 0 fully saturated rings. The number of benzene rings is 2. The molecule has 1 aliphatic rings. The van der Waals surface area contributed by atoms with E-state index in [0.29, 0.717) is 16.8 Å². The Kier molecular flexibility index (Phi) is 5.51. The molecule has 0 aliphatic heterocycles. The van der Waals surface area contributed by atoms with Crippen LogP contribution in [0.25, 0.3) is 0 Å². The second-order valence-electron chi connectivity index (χ2n) is 7.15. The van der Waals surface area contributed by atoms with E-state index < -0.39 is 20.6 Å². The molecule has 0 bridgehead atoms. The van der Waals surface area contributed by atoms with Crippen molar-refractivity contribution >= 4 is 21.4 Å². The first-order valence-electron chi connectivity index (χ1n) is 9.03. The maximum atomic E-state index is 12.9. The molecule has 1 aliphatic carbocycles. The summed E-state index contributed by atoms with van der Waals surface area (Å²) in [5, 5.41) is 13.6. The number of anilines is 1. The van der Waals surface area contributed by atoms with Crippen LogP contribution >= 0.6 is 0 Å². The number of hydrogen-bond acceptors (Lipinski definition) is 5. The summed E-state index contributed by atoms with van der Waals surface area (Å²) in [5.74, 6) is -1.53. The Bertz CT molecular complexity index is 1020. The maximum absolute atomic E-state index is 12.9. The third-order valence-corrected chi connectivity index (χ3v) is 6.82. The van der Waals surface area contributed by atoms with Crippen molar-refractivity contribution in [3.63, 3.8) is 0 Å². The Labute approximate surface area is 163 Å². The van der Waals surface area contributed by atoms with Gasteiger partial charge in [0, 0.05) is 10.6 Å². The molecule has 2 aromatic rings. The predicted molar refractivity (Wildman–Crippen MR) is 106 cm³/mol. The van der Waals surface area contributed by atoms with E-state index in [4.69, 9.17) is 0 Å². The molecule has 1 atom stereocenters. The minimum atomic E-state index is -4.04. The number of carbonyl (C=O) groups excluding carboxylic acids is 1. The SMILES string of the molecule is Cc1cc(NC(=O)[C@@H]2CCCc3ccccc32)cc(C)c1S(=O)(=O)C[N+](=O)[O-]. The Balaban J connectivity index is 1.87. The first-order chi connectivity index (χ1) is 13.2. The average Bonchev–Trinajstić information content (AvgIpc) is 2.59. The Morgan fingerprint density at radius 3 is 2.50 bits per heavy atom. The molecule has 0 radical (unpaired) electrons. The van der Waals surface area contributed by atoms with Gasteiger partial charge in [0.2, 0.25) is 15.7 Å². The molecular weight excluding hydrogens is 380 g/mol. The largest absolute Gasteiger partial charge is 0.326 e. The van der Waals surface area contributed by atoms with Crippen molar-refractivity contribution in [2.24, 2.45) is 0 Å². The van der Waals surface area contributed by atoms with E-state index in [0.717, 1.165) is 24.8 Å². The van der Waals surface area contributed by atoms with E-state index in [2.05, 4.69) is 5.32 Å².